The molecule has 5 rings (SSSR count). The Kier molecular flexibility index (Phi) is 6.47. The maximum atomic E-state index is 13.1. The Hall–Kier alpha value is -3.77. The molecule has 35 heavy (non-hydrogen) atoms. The van der Waals surface area contributed by atoms with E-state index in [0.29, 0.717) is 27.7 Å². The van der Waals surface area contributed by atoms with E-state index in [4.69, 9.17) is 14.5 Å². The summed E-state index contributed by atoms with van der Waals surface area (Å²) < 4.78 is 13.4. The molecule has 0 aliphatic carbocycles. The van der Waals surface area contributed by atoms with Gasteiger partial charge in [-0.15, -0.1) is 0 Å². The first-order valence-corrected chi connectivity index (χ1v) is 11.9. The Labute approximate surface area is 204 Å². The van der Waals surface area contributed by atoms with Gasteiger partial charge in [-0.05, 0) is 44.9 Å². The molecule has 178 valence electrons. The summed E-state index contributed by atoms with van der Waals surface area (Å²) in [6.45, 7) is 5.12. The van der Waals surface area contributed by atoms with Gasteiger partial charge in [0.15, 0.2) is 6.61 Å². The lowest BCUT2D eigenvalue weighted by molar-refractivity contribution is 0.0476. The Balaban J connectivity index is 1.36. The molecule has 6 nitrogen and oxygen atoms in total. The third kappa shape index (κ3) is 4.75. The Morgan fingerprint density at radius 3 is 2.57 bits per heavy atom. The number of hydrogen-bond acceptors (Lipinski definition) is 5. The number of rotatable bonds is 7. The summed E-state index contributed by atoms with van der Waals surface area (Å²) in [6, 6.07) is 20.7. The number of carbonyl (C=O) groups is 2. The lowest BCUT2D eigenvalue weighted by atomic mass is 10.0. The van der Waals surface area contributed by atoms with Gasteiger partial charge >= 0.3 is 5.97 Å². The van der Waals surface area contributed by atoms with Crippen molar-refractivity contribution in [3.05, 3.63) is 89.2 Å². The molecule has 1 saturated heterocycles. The van der Waals surface area contributed by atoms with Crippen LogP contribution in [0.4, 0.5) is 0 Å². The molecule has 0 amide bonds. The number of ketones is 1. The minimum absolute atomic E-state index is 0.180. The van der Waals surface area contributed by atoms with Gasteiger partial charge in [0.05, 0.1) is 22.9 Å². The zero-order valence-electron chi connectivity index (χ0n) is 20.0. The maximum absolute atomic E-state index is 13.1. The summed E-state index contributed by atoms with van der Waals surface area (Å²) >= 11 is 0. The first-order valence-electron chi connectivity index (χ1n) is 11.9. The fraction of sp³-hybridized carbons (Fsp3) is 0.276. The minimum atomic E-state index is -0.540. The normalized spacial score (nSPS) is 15.4. The van der Waals surface area contributed by atoms with E-state index in [1.54, 1.807) is 6.07 Å². The monoisotopic (exact) mass is 468 g/mol. The van der Waals surface area contributed by atoms with Gasteiger partial charge in [-0.2, -0.15) is 0 Å². The lowest BCUT2D eigenvalue weighted by Gasteiger charge is -2.14. The second-order valence-corrected chi connectivity index (χ2v) is 8.97. The average molecular weight is 469 g/mol. The number of fused-ring (bicyclic) bond motifs is 1. The van der Waals surface area contributed by atoms with Crippen LogP contribution in [0.5, 0.6) is 0 Å². The molecule has 0 bridgehead atoms. The number of Topliss-reactive ketones (excluding diaryl/α,β-unsaturated/α-hetero) is 1. The Morgan fingerprint density at radius 1 is 1.03 bits per heavy atom. The number of esters is 1. The molecule has 0 N–H and O–H groups in total. The minimum Gasteiger partial charge on any atom is -0.454 e. The van der Waals surface area contributed by atoms with E-state index in [0.717, 1.165) is 42.9 Å². The molecule has 1 atom stereocenters. The van der Waals surface area contributed by atoms with Crippen molar-refractivity contribution in [2.45, 2.75) is 39.3 Å². The Morgan fingerprint density at radius 2 is 1.80 bits per heavy atom. The average Bonchev–Trinajstić information content (AvgIpc) is 3.51. The first kappa shape index (κ1) is 23.0. The van der Waals surface area contributed by atoms with Crippen LogP contribution in [0.15, 0.2) is 66.7 Å². The summed E-state index contributed by atoms with van der Waals surface area (Å²) in [7, 11) is 0. The van der Waals surface area contributed by atoms with Gasteiger partial charge in [-0.1, -0.05) is 48.5 Å². The van der Waals surface area contributed by atoms with Crippen molar-refractivity contribution < 1.29 is 19.1 Å². The molecule has 0 saturated carbocycles. The van der Waals surface area contributed by atoms with Crippen LogP contribution in [-0.4, -0.2) is 40.6 Å². The summed E-state index contributed by atoms with van der Waals surface area (Å²) in [5.41, 5.74) is 5.14. The third-order valence-electron chi connectivity index (χ3n) is 6.62. The number of benzene rings is 2. The molecule has 0 spiro atoms. The number of pyridine rings is 1. The van der Waals surface area contributed by atoms with Crippen LogP contribution < -0.4 is 0 Å². The van der Waals surface area contributed by atoms with Gasteiger partial charge in [0, 0.05) is 41.1 Å². The van der Waals surface area contributed by atoms with Crippen molar-refractivity contribution in [2.24, 2.45) is 0 Å². The van der Waals surface area contributed by atoms with Crippen molar-refractivity contribution in [1.29, 1.82) is 0 Å². The molecule has 0 radical (unpaired) electrons. The van der Waals surface area contributed by atoms with Gasteiger partial charge in [0.2, 0.25) is 5.78 Å². The number of hydrogen-bond donors (Lipinski definition) is 0. The molecule has 2 aromatic heterocycles. The number of para-hydroxylation sites is 1. The molecule has 3 heterocycles. The van der Waals surface area contributed by atoms with Crippen LogP contribution >= 0.6 is 0 Å². The fourth-order valence-corrected chi connectivity index (χ4v) is 4.74. The zero-order chi connectivity index (χ0) is 24.4. The first-order chi connectivity index (χ1) is 17.0. The fourth-order valence-electron chi connectivity index (χ4n) is 4.74. The Bertz CT molecular complexity index is 1380. The van der Waals surface area contributed by atoms with E-state index < -0.39 is 5.97 Å². The van der Waals surface area contributed by atoms with Crippen LogP contribution in [-0.2, 0) is 16.0 Å². The molecule has 1 fully saturated rings. The highest BCUT2D eigenvalue weighted by Gasteiger charge is 2.22. The third-order valence-corrected chi connectivity index (χ3v) is 6.62. The molecular weight excluding hydrogens is 440 g/mol. The number of nitrogens with zero attached hydrogens (tertiary/aromatic N) is 2. The van der Waals surface area contributed by atoms with Crippen molar-refractivity contribution in [1.82, 2.24) is 9.55 Å². The van der Waals surface area contributed by atoms with Crippen LogP contribution in [0.2, 0.25) is 0 Å². The number of ether oxygens (including phenoxy) is 2. The van der Waals surface area contributed by atoms with Gasteiger partial charge in [0.1, 0.15) is 0 Å². The molecule has 1 aliphatic heterocycles. The highest BCUT2D eigenvalue weighted by molar-refractivity contribution is 6.06. The van der Waals surface area contributed by atoms with E-state index in [1.807, 2.05) is 74.5 Å². The highest BCUT2D eigenvalue weighted by atomic mass is 16.5. The smallest absolute Gasteiger partial charge is 0.339 e. The van der Waals surface area contributed by atoms with E-state index in [9.17, 15) is 9.59 Å². The van der Waals surface area contributed by atoms with Crippen LogP contribution in [0.3, 0.4) is 0 Å². The van der Waals surface area contributed by atoms with Crippen molar-refractivity contribution in [2.75, 3.05) is 13.2 Å². The predicted molar refractivity (Wildman–Crippen MR) is 135 cm³/mol. The lowest BCUT2D eigenvalue weighted by Crippen LogP contribution is -2.18. The number of aromatic nitrogens is 2. The van der Waals surface area contributed by atoms with Crippen molar-refractivity contribution in [3.8, 4) is 11.3 Å². The van der Waals surface area contributed by atoms with Gasteiger partial charge in [-0.3, -0.25) is 4.79 Å². The standard InChI is InChI=1S/C29H28N2O4/c1-19-15-24(20(2)31(19)17-22-11-8-14-34-22)28(32)18-35-29(33)25-16-27(21-9-4-3-5-10-21)30-26-13-7-6-12-23(25)26/h3-7,9-10,12-13,15-16,22H,8,11,14,17-18H2,1-2H3/t22-/m0/s1. The van der Waals surface area contributed by atoms with Gasteiger partial charge in [-0.25, -0.2) is 9.78 Å². The molecular formula is C29H28N2O4. The number of carbonyl (C=O) groups excluding carboxylic acids is 2. The van der Waals surface area contributed by atoms with E-state index in [1.165, 1.54) is 0 Å². The summed E-state index contributed by atoms with van der Waals surface area (Å²) in [5, 5.41) is 0.694. The topological polar surface area (TPSA) is 70.4 Å². The summed E-state index contributed by atoms with van der Waals surface area (Å²) in [5.74, 6) is -0.756. The quantitative estimate of drug-likeness (QED) is 0.263. The van der Waals surface area contributed by atoms with Crippen molar-refractivity contribution in [3.63, 3.8) is 0 Å². The molecule has 4 aromatic rings. The second kappa shape index (κ2) is 9.84. The van der Waals surface area contributed by atoms with E-state index in [2.05, 4.69) is 4.57 Å². The number of aryl methyl sites for hydroxylation is 1. The van der Waals surface area contributed by atoms with E-state index in [-0.39, 0.29) is 18.5 Å². The molecule has 6 heteroatoms. The van der Waals surface area contributed by atoms with Gasteiger partial charge < -0.3 is 14.0 Å². The largest absolute Gasteiger partial charge is 0.454 e. The zero-order valence-corrected chi connectivity index (χ0v) is 20.0. The SMILES string of the molecule is Cc1cc(C(=O)COC(=O)c2cc(-c3ccccc3)nc3ccccc23)c(C)n1C[C@@H]1CCCO1. The highest BCUT2D eigenvalue weighted by Crippen LogP contribution is 2.26. The summed E-state index contributed by atoms with van der Waals surface area (Å²) in [4.78, 5) is 30.9. The van der Waals surface area contributed by atoms with Crippen molar-refractivity contribution >= 4 is 22.7 Å². The van der Waals surface area contributed by atoms with E-state index >= 15 is 0 Å². The molecule has 0 unspecified atom stereocenters. The van der Waals surface area contributed by atoms with Crippen LogP contribution in [0, 0.1) is 13.8 Å². The predicted octanol–water partition coefficient (Wildman–Crippen LogP) is 5.54. The summed E-state index contributed by atoms with van der Waals surface area (Å²) in [6.07, 6.45) is 2.28. The van der Waals surface area contributed by atoms with Gasteiger partial charge in [0.25, 0.3) is 0 Å². The van der Waals surface area contributed by atoms with Crippen LogP contribution in [0.25, 0.3) is 22.2 Å². The van der Waals surface area contributed by atoms with Crippen LogP contribution in [0.1, 0.15) is 44.9 Å². The molecule has 1 aliphatic rings. The maximum Gasteiger partial charge on any atom is 0.339 e. The molecule has 2 aromatic carbocycles. The second-order valence-electron chi connectivity index (χ2n) is 8.97.